The fraction of sp³-hybridized carbons (Fsp3) is 0.625. The molecule has 96 valence electrons. The van der Waals surface area contributed by atoms with Crippen LogP contribution >= 0.6 is 0 Å². The van der Waals surface area contributed by atoms with E-state index >= 15 is 0 Å². The summed E-state index contributed by atoms with van der Waals surface area (Å²) in [4.78, 5) is 0. The van der Waals surface area contributed by atoms with E-state index in [4.69, 9.17) is 4.74 Å². The van der Waals surface area contributed by atoms with E-state index in [0.717, 1.165) is 12.4 Å². The largest absolute Gasteiger partial charge is 0.493 e. The van der Waals surface area contributed by atoms with E-state index in [1.54, 1.807) is 0 Å². The minimum absolute atomic E-state index is 0.704. The summed E-state index contributed by atoms with van der Waals surface area (Å²) in [5.41, 5.74) is 2.54. The van der Waals surface area contributed by atoms with Gasteiger partial charge in [0, 0.05) is 0 Å². The third-order valence-corrected chi connectivity index (χ3v) is 3.35. The molecule has 1 nitrogen and oxygen atoms in total. The van der Waals surface area contributed by atoms with Crippen molar-refractivity contribution in [1.82, 2.24) is 0 Å². The molecule has 0 aliphatic carbocycles. The van der Waals surface area contributed by atoms with Crippen LogP contribution in [0.2, 0.25) is 0 Å². The average Bonchev–Trinajstić information content (AvgIpc) is 2.31. The number of benzene rings is 1. The number of ether oxygens (including phenoxy) is 1. The minimum atomic E-state index is 0.704. The molecule has 0 saturated carbocycles. The molecule has 1 aromatic rings. The van der Waals surface area contributed by atoms with E-state index < -0.39 is 0 Å². The van der Waals surface area contributed by atoms with E-state index in [-0.39, 0.29) is 0 Å². The molecule has 0 spiro atoms. The molecule has 0 radical (unpaired) electrons. The normalized spacial score (nSPS) is 12.5. The van der Waals surface area contributed by atoms with Gasteiger partial charge in [0.25, 0.3) is 0 Å². The van der Waals surface area contributed by atoms with Crippen LogP contribution in [0.25, 0.3) is 0 Å². The Hall–Kier alpha value is -0.980. The van der Waals surface area contributed by atoms with Crippen molar-refractivity contribution in [1.29, 1.82) is 0 Å². The van der Waals surface area contributed by atoms with E-state index in [1.807, 2.05) is 0 Å². The molecule has 1 aromatic carbocycles. The zero-order chi connectivity index (χ0) is 12.7. The summed E-state index contributed by atoms with van der Waals surface area (Å²) in [6, 6.07) is 6.40. The molecular formula is C16H26O. The summed E-state index contributed by atoms with van der Waals surface area (Å²) in [7, 11) is 0. The van der Waals surface area contributed by atoms with Gasteiger partial charge in [-0.1, -0.05) is 50.8 Å². The van der Waals surface area contributed by atoms with Gasteiger partial charge in [-0.25, -0.2) is 0 Å². The molecule has 0 aliphatic rings. The van der Waals surface area contributed by atoms with Gasteiger partial charge in [0.15, 0.2) is 0 Å². The molecular weight excluding hydrogens is 208 g/mol. The highest BCUT2D eigenvalue weighted by Gasteiger charge is 2.07. The van der Waals surface area contributed by atoms with Crippen molar-refractivity contribution in [3.63, 3.8) is 0 Å². The maximum atomic E-state index is 5.94. The lowest BCUT2D eigenvalue weighted by molar-refractivity contribution is 0.232. The van der Waals surface area contributed by atoms with Crippen LogP contribution in [-0.2, 0) is 0 Å². The van der Waals surface area contributed by atoms with Crippen molar-refractivity contribution in [3.05, 3.63) is 29.3 Å². The summed E-state index contributed by atoms with van der Waals surface area (Å²) in [6.07, 6.45) is 5.09. The molecule has 0 heterocycles. The molecule has 1 unspecified atom stereocenters. The summed E-state index contributed by atoms with van der Waals surface area (Å²) in [5.74, 6) is 1.75. The zero-order valence-electron chi connectivity index (χ0n) is 11.8. The molecule has 1 atom stereocenters. The van der Waals surface area contributed by atoms with Gasteiger partial charge >= 0.3 is 0 Å². The standard InChI is InChI=1S/C16H26O/c1-5-7-8-15(6-2)12-17-16-10-9-13(3)11-14(16)4/h9-11,15H,5-8,12H2,1-4H3. The maximum Gasteiger partial charge on any atom is 0.122 e. The molecule has 17 heavy (non-hydrogen) atoms. The Morgan fingerprint density at radius 1 is 1.18 bits per heavy atom. The molecule has 0 bridgehead atoms. The van der Waals surface area contributed by atoms with Crippen molar-refractivity contribution < 1.29 is 4.74 Å². The molecule has 0 amide bonds. The predicted octanol–water partition coefficient (Wildman–Crippen LogP) is 4.90. The predicted molar refractivity (Wildman–Crippen MR) is 74.7 cm³/mol. The summed E-state index contributed by atoms with van der Waals surface area (Å²) in [5, 5.41) is 0. The summed E-state index contributed by atoms with van der Waals surface area (Å²) in [6.45, 7) is 9.60. The first-order valence-electron chi connectivity index (χ1n) is 6.87. The lowest BCUT2D eigenvalue weighted by atomic mass is 10.0. The molecule has 0 aliphatic heterocycles. The molecule has 0 saturated heterocycles. The Balaban J connectivity index is 2.47. The van der Waals surface area contributed by atoms with Gasteiger partial charge in [-0.3, -0.25) is 0 Å². The Labute approximate surface area is 106 Å². The third kappa shape index (κ3) is 4.80. The molecule has 0 N–H and O–H groups in total. The second-order valence-corrected chi connectivity index (χ2v) is 5.00. The number of aryl methyl sites for hydroxylation is 2. The van der Waals surface area contributed by atoms with Gasteiger partial charge in [0.2, 0.25) is 0 Å². The lowest BCUT2D eigenvalue weighted by Crippen LogP contribution is -2.11. The van der Waals surface area contributed by atoms with Crippen molar-refractivity contribution in [2.45, 2.75) is 53.4 Å². The highest BCUT2D eigenvalue weighted by atomic mass is 16.5. The fourth-order valence-corrected chi connectivity index (χ4v) is 2.07. The third-order valence-electron chi connectivity index (χ3n) is 3.35. The monoisotopic (exact) mass is 234 g/mol. The van der Waals surface area contributed by atoms with E-state index in [1.165, 1.54) is 36.8 Å². The van der Waals surface area contributed by atoms with Gasteiger partial charge < -0.3 is 4.74 Å². The van der Waals surface area contributed by atoms with Gasteiger partial charge in [0.05, 0.1) is 6.61 Å². The van der Waals surface area contributed by atoms with Crippen LogP contribution in [0.15, 0.2) is 18.2 Å². The molecule has 1 heteroatoms. The highest BCUT2D eigenvalue weighted by molar-refractivity contribution is 5.35. The Morgan fingerprint density at radius 3 is 2.53 bits per heavy atom. The quantitative estimate of drug-likeness (QED) is 0.652. The fourth-order valence-electron chi connectivity index (χ4n) is 2.07. The lowest BCUT2D eigenvalue weighted by Gasteiger charge is -2.16. The first kappa shape index (κ1) is 14.1. The van der Waals surface area contributed by atoms with Gasteiger partial charge in [0.1, 0.15) is 5.75 Å². The highest BCUT2D eigenvalue weighted by Crippen LogP contribution is 2.21. The first-order chi connectivity index (χ1) is 8.17. The van der Waals surface area contributed by atoms with E-state index in [2.05, 4.69) is 45.9 Å². The molecule has 0 aromatic heterocycles. The van der Waals surface area contributed by atoms with Crippen LogP contribution in [0.1, 0.15) is 50.7 Å². The smallest absolute Gasteiger partial charge is 0.122 e. The zero-order valence-corrected chi connectivity index (χ0v) is 11.8. The Morgan fingerprint density at radius 2 is 1.94 bits per heavy atom. The van der Waals surface area contributed by atoms with Crippen molar-refractivity contribution in [2.24, 2.45) is 5.92 Å². The van der Waals surface area contributed by atoms with Crippen molar-refractivity contribution in [2.75, 3.05) is 6.61 Å². The summed E-state index contributed by atoms with van der Waals surface area (Å²) >= 11 is 0. The van der Waals surface area contributed by atoms with Gasteiger partial charge in [-0.05, 0) is 37.8 Å². The van der Waals surface area contributed by atoms with Crippen LogP contribution in [-0.4, -0.2) is 6.61 Å². The molecule has 1 rings (SSSR count). The van der Waals surface area contributed by atoms with E-state index in [0.29, 0.717) is 5.92 Å². The number of hydrogen-bond donors (Lipinski definition) is 0. The Bertz CT molecular complexity index is 330. The van der Waals surface area contributed by atoms with Crippen LogP contribution in [0, 0.1) is 19.8 Å². The number of hydrogen-bond acceptors (Lipinski definition) is 1. The number of unbranched alkanes of at least 4 members (excludes halogenated alkanes) is 1. The second-order valence-electron chi connectivity index (χ2n) is 5.00. The first-order valence-corrected chi connectivity index (χ1v) is 6.87. The average molecular weight is 234 g/mol. The van der Waals surface area contributed by atoms with Crippen LogP contribution in [0.4, 0.5) is 0 Å². The van der Waals surface area contributed by atoms with Gasteiger partial charge in [-0.15, -0.1) is 0 Å². The van der Waals surface area contributed by atoms with Crippen LogP contribution < -0.4 is 4.74 Å². The number of rotatable bonds is 7. The van der Waals surface area contributed by atoms with Crippen LogP contribution in [0.3, 0.4) is 0 Å². The summed E-state index contributed by atoms with van der Waals surface area (Å²) < 4.78 is 5.94. The van der Waals surface area contributed by atoms with Gasteiger partial charge in [-0.2, -0.15) is 0 Å². The van der Waals surface area contributed by atoms with Crippen LogP contribution in [0.5, 0.6) is 5.75 Å². The minimum Gasteiger partial charge on any atom is -0.493 e. The van der Waals surface area contributed by atoms with Crippen molar-refractivity contribution >= 4 is 0 Å². The van der Waals surface area contributed by atoms with E-state index in [9.17, 15) is 0 Å². The second kappa shape index (κ2) is 7.37. The SMILES string of the molecule is CCCCC(CC)COc1ccc(C)cc1C. The Kier molecular flexibility index (Phi) is 6.10. The molecule has 0 fully saturated rings. The van der Waals surface area contributed by atoms with Crippen molar-refractivity contribution in [3.8, 4) is 5.75 Å². The maximum absolute atomic E-state index is 5.94. The topological polar surface area (TPSA) is 9.23 Å².